The predicted molar refractivity (Wildman–Crippen MR) is 69.9 cm³/mol. The maximum absolute atomic E-state index is 12.2. The lowest BCUT2D eigenvalue weighted by molar-refractivity contribution is 0.0693. The second-order valence-electron chi connectivity index (χ2n) is 3.53. The molecule has 1 aromatic heterocycles. The molecule has 0 fully saturated rings. The number of nitrogens with zero attached hydrogens (tertiary/aromatic N) is 3. The van der Waals surface area contributed by atoms with Gasteiger partial charge in [-0.1, -0.05) is 0 Å². The molecular formula is C12H14BrN3O2. The number of amides is 1. The zero-order valence-electron chi connectivity index (χ0n) is 10.1. The van der Waals surface area contributed by atoms with Crippen molar-refractivity contribution < 1.29 is 9.53 Å². The highest BCUT2D eigenvalue weighted by atomic mass is 79.9. The summed E-state index contributed by atoms with van der Waals surface area (Å²) in [6.07, 6.45) is 1.86. The van der Waals surface area contributed by atoms with Crippen LogP contribution in [0.25, 0.3) is 0 Å². The third-order valence-corrected chi connectivity index (χ3v) is 2.95. The average Bonchev–Trinajstić information content (AvgIpc) is 2.39. The Morgan fingerprint density at radius 1 is 1.61 bits per heavy atom. The molecule has 1 aromatic rings. The third-order valence-electron chi connectivity index (χ3n) is 2.31. The highest BCUT2D eigenvalue weighted by Crippen LogP contribution is 2.15. The second kappa shape index (κ2) is 7.80. The van der Waals surface area contributed by atoms with Crippen LogP contribution in [0.1, 0.15) is 16.9 Å². The van der Waals surface area contributed by atoms with Crippen molar-refractivity contribution in [1.29, 1.82) is 5.26 Å². The fourth-order valence-corrected chi connectivity index (χ4v) is 1.82. The van der Waals surface area contributed by atoms with Crippen LogP contribution in [0.2, 0.25) is 0 Å². The highest BCUT2D eigenvalue weighted by molar-refractivity contribution is 9.10. The van der Waals surface area contributed by atoms with Crippen LogP contribution in [0.3, 0.4) is 0 Å². The Labute approximate surface area is 115 Å². The van der Waals surface area contributed by atoms with Gasteiger partial charge in [0.15, 0.2) is 0 Å². The molecule has 0 unspecified atom stereocenters. The number of halogens is 1. The number of hydrogen-bond donors (Lipinski definition) is 0. The van der Waals surface area contributed by atoms with Crippen LogP contribution >= 0.6 is 15.9 Å². The summed E-state index contributed by atoms with van der Waals surface area (Å²) in [5.74, 6) is -0.199. The Balaban J connectivity index is 2.81. The van der Waals surface area contributed by atoms with E-state index >= 15 is 0 Å². The summed E-state index contributed by atoms with van der Waals surface area (Å²) in [6.45, 7) is 1.25. The molecular weight excluding hydrogens is 298 g/mol. The molecule has 0 bridgehead atoms. The normalized spacial score (nSPS) is 9.83. The minimum absolute atomic E-state index is 0.199. The summed E-state index contributed by atoms with van der Waals surface area (Å²) in [5, 5.41) is 8.60. The highest BCUT2D eigenvalue weighted by Gasteiger charge is 2.18. The van der Waals surface area contributed by atoms with Crippen molar-refractivity contribution in [3.63, 3.8) is 0 Å². The zero-order chi connectivity index (χ0) is 13.4. The van der Waals surface area contributed by atoms with Gasteiger partial charge in [0.2, 0.25) is 0 Å². The minimum Gasteiger partial charge on any atom is -0.383 e. The molecule has 0 aromatic carbocycles. The summed E-state index contributed by atoms with van der Waals surface area (Å²) in [7, 11) is 1.57. The van der Waals surface area contributed by atoms with Gasteiger partial charge in [-0.3, -0.25) is 4.79 Å². The van der Waals surface area contributed by atoms with Gasteiger partial charge in [0.05, 0.1) is 19.1 Å². The third kappa shape index (κ3) is 4.09. The number of carbonyl (C=O) groups excluding carboxylic acids is 1. The van der Waals surface area contributed by atoms with Gasteiger partial charge < -0.3 is 9.64 Å². The van der Waals surface area contributed by atoms with Crippen LogP contribution in [0.4, 0.5) is 0 Å². The molecule has 0 aliphatic heterocycles. The molecule has 0 radical (unpaired) electrons. The standard InChI is InChI=1S/C12H14BrN3O2/c1-18-9-8-16(7-3-5-14)12(17)11-10(13)4-2-6-15-11/h2,4,6H,3,7-9H2,1H3. The summed E-state index contributed by atoms with van der Waals surface area (Å²) in [5.41, 5.74) is 0.353. The minimum atomic E-state index is -0.199. The first-order chi connectivity index (χ1) is 8.70. The molecule has 18 heavy (non-hydrogen) atoms. The predicted octanol–water partition coefficient (Wildman–Crippen LogP) is 1.85. The Kier molecular flexibility index (Phi) is 6.33. The summed E-state index contributed by atoms with van der Waals surface area (Å²) < 4.78 is 5.61. The molecule has 0 saturated carbocycles. The molecule has 1 amide bonds. The van der Waals surface area contributed by atoms with Crippen LogP contribution in [0.5, 0.6) is 0 Å². The number of pyridine rings is 1. The van der Waals surface area contributed by atoms with Crippen LogP contribution in [-0.4, -0.2) is 42.6 Å². The lowest BCUT2D eigenvalue weighted by atomic mass is 10.3. The number of aromatic nitrogens is 1. The van der Waals surface area contributed by atoms with Gasteiger partial charge >= 0.3 is 0 Å². The van der Waals surface area contributed by atoms with Gasteiger partial charge in [-0.2, -0.15) is 5.26 Å². The van der Waals surface area contributed by atoms with Crippen molar-refractivity contribution in [2.45, 2.75) is 6.42 Å². The molecule has 0 spiro atoms. The molecule has 96 valence electrons. The first kappa shape index (κ1) is 14.6. The molecule has 1 rings (SSSR count). The maximum atomic E-state index is 12.2. The van der Waals surface area contributed by atoms with Gasteiger partial charge in [0.25, 0.3) is 5.91 Å². The first-order valence-corrected chi connectivity index (χ1v) is 6.25. The van der Waals surface area contributed by atoms with E-state index in [2.05, 4.69) is 20.9 Å². The lowest BCUT2D eigenvalue weighted by Crippen LogP contribution is -2.35. The topological polar surface area (TPSA) is 66.2 Å². The van der Waals surface area contributed by atoms with E-state index in [0.29, 0.717) is 36.3 Å². The quantitative estimate of drug-likeness (QED) is 0.804. The van der Waals surface area contributed by atoms with Crippen LogP contribution in [0.15, 0.2) is 22.8 Å². The Morgan fingerprint density at radius 3 is 3.00 bits per heavy atom. The van der Waals surface area contributed by atoms with Crippen LogP contribution < -0.4 is 0 Å². The van der Waals surface area contributed by atoms with E-state index in [1.807, 2.05) is 6.07 Å². The number of ether oxygens (including phenoxy) is 1. The van der Waals surface area contributed by atoms with Crippen molar-refractivity contribution in [1.82, 2.24) is 9.88 Å². The van der Waals surface area contributed by atoms with Crippen molar-refractivity contribution in [3.05, 3.63) is 28.5 Å². The molecule has 1 heterocycles. The molecule has 0 atom stereocenters. The number of methoxy groups -OCH3 is 1. The van der Waals surface area contributed by atoms with Crippen molar-refractivity contribution in [2.24, 2.45) is 0 Å². The van der Waals surface area contributed by atoms with Crippen LogP contribution in [-0.2, 0) is 4.74 Å². The summed E-state index contributed by atoms with van der Waals surface area (Å²) in [4.78, 5) is 17.9. The monoisotopic (exact) mass is 311 g/mol. The fraction of sp³-hybridized carbons (Fsp3) is 0.417. The van der Waals surface area contributed by atoms with Gasteiger partial charge in [0.1, 0.15) is 5.69 Å². The summed E-state index contributed by atoms with van der Waals surface area (Å²) in [6, 6.07) is 5.54. The first-order valence-electron chi connectivity index (χ1n) is 5.46. The van der Waals surface area contributed by atoms with Gasteiger partial charge in [-0.05, 0) is 28.1 Å². The Bertz CT molecular complexity index is 445. The Hall–Kier alpha value is -1.45. The molecule has 6 heteroatoms. The SMILES string of the molecule is COCCN(CCC#N)C(=O)c1ncccc1Br. The number of nitriles is 1. The molecule has 0 aliphatic carbocycles. The molecule has 5 nitrogen and oxygen atoms in total. The molecule has 0 saturated heterocycles. The smallest absolute Gasteiger partial charge is 0.273 e. The maximum Gasteiger partial charge on any atom is 0.273 e. The number of carbonyl (C=O) groups is 1. The summed E-state index contributed by atoms with van der Waals surface area (Å²) >= 11 is 3.30. The lowest BCUT2D eigenvalue weighted by Gasteiger charge is -2.21. The van der Waals surface area contributed by atoms with E-state index in [1.165, 1.54) is 0 Å². The van der Waals surface area contributed by atoms with E-state index in [4.69, 9.17) is 10.00 Å². The van der Waals surface area contributed by atoms with Crippen molar-refractivity contribution in [3.8, 4) is 6.07 Å². The van der Waals surface area contributed by atoms with E-state index in [1.54, 1.807) is 30.3 Å². The van der Waals surface area contributed by atoms with Gasteiger partial charge in [-0.25, -0.2) is 4.98 Å². The average molecular weight is 312 g/mol. The van der Waals surface area contributed by atoms with E-state index in [-0.39, 0.29) is 5.91 Å². The Morgan fingerprint density at radius 2 is 2.39 bits per heavy atom. The van der Waals surface area contributed by atoms with Crippen LogP contribution in [0, 0.1) is 11.3 Å². The zero-order valence-corrected chi connectivity index (χ0v) is 11.7. The van der Waals surface area contributed by atoms with E-state index in [9.17, 15) is 4.79 Å². The van der Waals surface area contributed by atoms with E-state index < -0.39 is 0 Å². The van der Waals surface area contributed by atoms with E-state index in [0.717, 1.165) is 0 Å². The van der Waals surface area contributed by atoms with Crippen molar-refractivity contribution >= 4 is 21.8 Å². The number of rotatable bonds is 6. The van der Waals surface area contributed by atoms with Crippen molar-refractivity contribution in [2.75, 3.05) is 26.8 Å². The molecule has 0 N–H and O–H groups in total. The number of hydrogen-bond acceptors (Lipinski definition) is 4. The second-order valence-corrected chi connectivity index (χ2v) is 4.38. The largest absolute Gasteiger partial charge is 0.383 e. The molecule has 0 aliphatic rings. The van der Waals surface area contributed by atoms with Gasteiger partial charge in [0, 0.05) is 30.9 Å². The van der Waals surface area contributed by atoms with Gasteiger partial charge in [-0.15, -0.1) is 0 Å². The fourth-order valence-electron chi connectivity index (χ4n) is 1.39.